The lowest BCUT2D eigenvalue weighted by atomic mass is 9.98. The third-order valence-electron chi connectivity index (χ3n) is 1.49. The van der Waals surface area contributed by atoms with Crippen LogP contribution in [0.5, 0.6) is 0 Å². The first-order valence-corrected chi connectivity index (χ1v) is 3.41. The van der Waals surface area contributed by atoms with Crippen molar-refractivity contribution < 1.29 is 15.0 Å². The Kier molecular flexibility index (Phi) is 4.03. The van der Waals surface area contributed by atoms with Crippen LogP contribution in [0.1, 0.15) is 20.3 Å². The van der Waals surface area contributed by atoms with Crippen LogP contribution in [0, 0.1) is 11.8 Å². The highest BCUT2D eigenvalue weighted by molar-refractivity contribution is 5.69. The minimum absolute atomic E-state index is 0.0671. The predicted molar refractivity (Wildman–Crippen MR) is 37.7 cm³/mol. The Morgan fingerprint density at radius 2 is 2.00 bits per heavy atom. The van der Waals surface area contributed by atoms with Gasteiger partial charge in [-0.05, 0) is 12.3 Å². The summed E-state index contributed by atoms with van der Waals surface area (Å²) in [6.45, 7) is 3.55. The maximum absolute atomic E-state index is 10.3. The highest BCUT2D eigenvalue weighted by atomic mass is 16.4. The molecule has 0 radical (unpaired) electrons. The predicted octanol–water partition coefficient (Wildman–Crippen LogP) is 0.726. The number of hydrogen-bond acceptors (Lipinski definition) is 2. The van der Waals surface area contributed by atoms with Crippen LogP contribution in [0.2, 0.25) is 0 Å². The maximum Gasteiger partial charge on any atom is 0.306 e. The van der Waals surface area contributed by atoms with E-state index < -0.39 is 5.97 Å². The molecule has 0 aromatic heterocycles. The Bertz CT molecular complexity index is 111. The molecular weight excluding hydrogens is 132 g/mol. The molecule has 3 heteroatoms. The average Bonchev–Trinajstić information content (AvgIpc) is 1.87. The van der Waals surface area contributed by atoms with E-state index in [-0.39, 0.29) is 18.4 Å². The first kappa shape index (κ1) is 9.43. The Morgan fingerprint density at radius 1 is 1.50 bits per heavy atom. The summed E-state index contributed by atoms with van der Waals surface area (Å²) in [5, 5.41) is 17.0. The van der Waals surface area contributed by atoms with E-state index in [9.17, 15) is 4.79 Å². The molecule has 0 aromatic rings. The molecular formula is C7H14O3. The number of aliphatic carboxylic acids is 1. The molecule has 0 rings (SSSR count). The number of carboxylic acids is 1. The molecule has 0 spiro atoms. The number of rotatable bonds is 4. The zero-order valence-corrected chi connectivity index (χ0v) is 6.37. The van der Waals surface area contributed by atoms with Crippen molar-refractivity contribution in [3.63, 3.8) is 0 Å². The fourth-order valence-corrected chi connectivity index (χ4v) is 0.779. The maximum atomic E-state index is 10.3. The van der Waals surface area contributed by atoms with Crippen molar-refractivity contribution in [2.45, 2.75) is 20.3 Å². The molecule has 2 atom stereocenters. The van der Waals surface area contributed by atoms with Gasteiger partial charge in [0.1, 0.15) is 0 Å². The van der Waals surface area contributed by atoms with Crippen molar-refractivity contribution in [3.05, 3.63) is 0 Å². The molecule has 0 heterocycles. The number of aliphatic hydroxyl groups is 1. The van der Waals surface area contributed by atoms with E-state index in [1.54, 1.807) is 6.92 Å². The Morgan fingerprint density at radius 3 is 2.30 bits per heavy atom. The highest BCUT2D eigenvalue weighted by Crippen LogP contribution is 2.10. The second-order valence-corrected chi connectivity index (χ2v) is 2.76. The molecule has 10 heavy (non-hydrogen) atoms. The SMILES string of the molecule is C[C@@H](CO)C[C@H](C)C(=O)O. The zero-order valence-electron chi connectivity index (χ0n) is 6.37. The van der Waals surface area contributed by atoms with E-state index >= 15 is 0 Å². The summed E-state index contributed by atoms with van der Waals surface area (Å²) in [4.78, 5) is 10.3. The number of carbonyl (C=O) groups is 1. The molecule has 0 unspecified atom stereocenters. The summed E-state index contributed by atoms with van der Waals surface area (Å²) >= 11 is 0. The van der Waals surface area contributed by atoms with E-state index in [1.165, 1.54) is 0 Å². The van der Waals surface area contributed by atoms with E-state index in [0.29, 0.717) is 6.42 Å². The summed E-state index contributed by atoms with van der Waals surface area (Å²) in [7, 11) is 0. The summed E-state index contributed by atoms with van der Waals surface area (Å²) < 4.78 is 0. The van der Waals surface area contributed by atoms with Crippen LogP contribution >= 0.6 is 0 Å². The van der Waals surface area contributed by atoms with E-state index in [2.05, 4.69) is 0 Å². The standard InChI is InChI=1S/C7H14O3/c1-5(4-8)3-6(2)7(9)10/h5-6,8H,3-4H2,1-2H3,(H,9,10)/t5-,6+/m1/s1. The fourth-order valence-electron chi connectivity index (χ4n) is 0.779. The Labute approximate surface area is 60.7 Å². The van der Waals surface area contributed by atoms with E-state index in [4.69, 9.17) is 10.2 Å². The van der Waals surface area contributed by atoms with Crippen LogP contribution in [0.4, 0.5) is 0 Å². The Hall–Kier alpha value is -0.570. The third kappa shape index (κ3) is 3.45. The molecule has 0 bridgehead atoms. The normalized spacial score (nSPS) is 16.3. The van der Waals surface area contributed by atoms with Crippen molar-refractivity contribution >= 4 is 5.97 Å². The summed E-state index contributed by atoms with van der Waals surface area (Å²) in [6.07, 6.45) is 0.547. The molecule has 0 aliphatic carbocycles. The van der Waals surface area contributed by atoms with Gasteiger partial charge in [0.25, 0.3) is 0 Å². The number of carboxylic acid groups (broad SMARTS) is 1. The fraction of sp³-hybridized carbons (Fsp3) is 0.857. The quantitative estimate of drug-likeness (QED) is 0.614. The zero-order chi connectivity index (χ0) is 8.15. The Balaban J connectivity index is 3.56. The monoisotopic (exact) mass is 146 g/mol. The molecule has 0 aromatic carbocycles. The second-order valence-electron chi connectivity index (χ2n) is 2.76. The molecule has 0 saturated heterocycles. The van der Waals surface area contributed by atoms with Crippen LogP contribution in [0.15, 0.2) is 0 Å². The summed E-state index contributed by atoms with van der Waals surface area (Å²) in [6, 6.07) is 0. The van der Waals surface area contributed by atoms with Gasteiger partial charge in [-0.3, -0.25) is 4.79 Å². The molecule has 3 nitrogen and oxygen atoms in total. The summed E-state index contributed by atoms with van der Waals surface area (Å²) in [5.41, 5.74) is 0. The smallest absolute Gasteiger partial charge is 0.306 e. The lowest BCUT2D eigenvalue weighted by Crippen LogP contribution is -2.14. The first-order valence-electron chi connectivity index (χ1n) is 3.41. The lowest BCUT2D eigenvalue weighted by Gasteiger charge is -2.10. The summed E-state index contributed by atoms with van der Waals surface area (Å²) in [5.74, 6) is -1.05. The number of aliphatic hydroxyl groups excluding tert-OH is 1. The van der Waals surface area contributed by atoms with Crippen LogP contribution in [-0.2, 0) is 4.79 Å². The van der Waals surface area contributed by atoms with Gasteiger partial charge < -0.3 is 10.2 Å². The lowest BCUT2D eigenvalue weighted by molar-refractivity contribution is -0.141. The van der Waals surface area contributed by atoms with Crippen LogP contribution in [0.3, 0.4) is 0 Å². The van der Waals surface area contributed by atoms with Gasteiger partial charge in [-0.2, -0.15) is 0 Å². The van der Waals surface area contributed by atoms with E-state index in [1.807, 2.05) is 6.92 Å². The van der Waals surface area contributed by atoms with Crippen molar-refractivity contribution in [1.29, 1.82) is 0 Å². The van der Waals surface area contributed by atoms with Gasteiger partial charge in [0, 0.05) is 6.61 Å². The molecule has 0 amide bonds. The van der Waals surface area contributed by atoms with Crippen molar-refractivity contribution in [2.75, 3.05) is 6.61 Å². The van der Waals surface area contributed by atoms with Crippen molar-refractivity contribution in [1.82, 2.24) is 0 Å². The minimum atomic E-state index is -0.791. The van der Waals surface area contributed by atoms with Crippen LogP contribution in [-0.4, -0.2) is 22.8 Å². The molecule has 60 valence electrons. The molecule has 0 saturated carbocycles. The first-order chi connectivity index (χ1) is 4.57. The minimum Gasteiger partial charge on any atom is -0.481 e. The highest BCUT2D eigenvalue weighted by Gasteiger charge is 2.13. The molecule has 0 aliphatic rings. The molecule has 0 aliphatic heterocycles. The van der Waals surface area contributed by atoms with Crippen LogP contribution in [0.25, 0.3) is 0 Å². The molecule has 2 N–H and O–H groups in total. The third-order valence-corrected chi connectivity index (χ3v) is 1.49. The van der Waals surface area contributed by atoms with Gasteiger partial charge in [-0.15, -0.1) is 0 Å². The van der Waals surface area contributed by atoms with Gasteiger partial charge in [0.2, 0.25) is 0 Å². The van der Waals surface area contributed by atoms with Crippen molar-refractivity contribution in [3.8, 4) is 0 Å². The number of hydrogen-bond donors (Lipinski definition) is 2. The van der Waals surface area contributed by atoms with Crippen LogP contribution < -0.4 is 0 Å². The van der Waals surface area contributed by atoms with Gasteiger partial charge in [0.05, 0.1) is 5.92 Å². The topological polar surface area (TPSA) is 57.5 Å². The van der Waals surface area contributed by atoms with Crippen molar-refractivity contribution in [2.24, 2.45) is 11.8 Å². The van der Waals surface area contributed by atoms with Gasteiger partial charge >= 0.3 is 5.97 Å². The molecule has 0 fully saturated rings. The average molecular weight is 146 g/mol. The largest absolute Gasteiger partial charge is 0.481 e. The van der Waals surface area contributed by atoms with Gasteiger partial charge in [-0.1, -0.05) is 13.8 Å². The van der Waals surface area contributed by atoms with Gasteiger partial charge in [0.15, 0.2) is 0 Å². The second kappa shape index (κ2) is 4.28. The van der Waals surface area contributed by atoms with E-state index in [0.717, 1.165) is 0 Å². The van der Waals surface area contributed by atoms with Gasteiger partial charge in [-0.25, -0.2) is 0 Å².